The predicted molar refractivity (Wildman–Crippen MR) is 92.3 cm³/mol. The van der Waals surface area contributed by atoms with Crippen molar-refractivity contribution >= 4 is 5.91 Å². The quantitative estimate of drug-likeness (QED) is 0.818. The van der Waals surface area contributed by atoms with Crippen molar-refractivity contribution in [3.63, 3.8) is 0 Å². The number of aromatic nitrogens is 1. The molecule has 6 heteroatoms. The smallest absolute Gasteiger partial charge is 0.253 e. The van der Waals surface area contributed by atoms with E-state index in [1.165, 1.54) is 6.07 Å². The summed E-state index contributed by atoms with van der Waals surface area (Å²) in [6, 6.07) is 8.26. The van der Waals surface area contributed by atoms with Crippen LogP contribution in [0.2, 0.25) is 0 Å². The lowest BCUT2D eigenvalue weighted by molar-refractivity contribution is 0.00396. The molecule has 1 aliphatic heterocycles. The number of hydrogen-bond acceptors (Lipinski definition) is 3. The Bertz CT molecular complexity index is 695. The van der Waals surface area contributed by atoms with Crippen molar-refractivity contribution in [1.82, 2.24) is 9.47 Å². The summed E-state index contributed by atoms with van der Waals surface area (Å²) < 4.78 is 21.7. The standard InChI is InChI=1S/C19H23FN2O3/c20-17-14-15(4-5-18(17)21-8-1-2-9-21)19(24)22-10-6-16(7-11-22)25-13-3-12-23/h1-2,4-5,8-9,14,16,23H,3,6-7,10-13H2. The highest BCUT2D eigenvalue weighted by atomic mass is 19.1. The van der Waals surface area contributed by atoms with Crippen LogP contribution in [0.25, 0.3) is 5.69 Å². The summed E-state index contributed by atoms with van der Waals surface area (Å²) in [7, 11) is 0. The third-order valence-electron chi connectivity index (χ3n) is 4.46. The molecule has 0 unspecified atom stereocenters. The molecule has 0 aliphatic carbocycles. The van der Waals surface area contributed by atoms with Crippen LogP contribution in [-0.2, 0) is 4.74 Å². The third-order valence-corrected chi connectivity index (χ3v) is 4.46. The number of likely N-dealkylation sites (tertiary alicyclic amines) is 1. The van der Waals surface area contributed by atoms with Gasteiger partial charge in [-0.05, 0) is 49.6 Å². The van der Waals surface area contributed by atoms with Crippen LogP contribution in [0.3, 0.4) is 0 Å². The summed E-state index contributed by atoms with van der Waals surface area (Å²) in [6.07, 6.45) is 5.82. The van der Waals surface area contributed by atoms with Crippen LogP contribution in [0.4, 0.5) is 4.39 Å². The largest absolute Gasteiger partial charge is 0.396 e. The number of piperidine rings is 1. The summed E-state index contributed by atoms with van der Waals surface area (Å²) in [5.74, 6) is -0.559. The molecule has 1 amide bonds. The Morgan fingerprint density at radius 1 is 1.24 bits per heavy atom. The first-order valence-electron chi connectivity index (χ1n) is 8.63. The van der Waals surface area contributed by atoms with Crippen molar-refractivity contribution in [1.29, 1.82) is 0 Å². The molecule has 0 bridgehead atoms. The van der Waals surface area contributed by atoms with Gasteiger partial charge in [0.25, 0.3) is 5.91 Å². The van der Waals surface area contributed by atoms with E-state index in [0.29, 0.717) is 37.4 Å². The van der Waals surface area contributed by atoms with Gasteiger partial charge in [0.1, 0.15) is 5.82 Å². The molecule has 25 heavy (non-hydrogen) atoms. The van der Waals surface area contributed by atoms with Gasteiger partial charge < -0.3 is 19.3 Å². The molecular formula is C19H23FN2O3. The van der Waals surface area contributed by atoms with Crippen molar-refractivity contribution in [3.05, 3.63) is 54.1 Å². The molecule has 1 fully saturated rings. The molecule has 134 valence electrons. The lowest BCUT2D eigenvalue weighted by atomic mass is 10.1. The van der Waals surface area contributed by atoms with Crippen molar-refractivity contribution < 1.29 is 19.0 Å². The average molecular weight is 346 g/mol. The van der Waals surface area contributed by atoms with Gasteiger partial charge in [-0.3, -0.25) is 4.79 Å². The number of carbonyl (C=O) groups is 1. The molecule has 0 radical (unpaired) electrons. The number of aliphatic hydroxyl groups excluding tert-OH is 1. The van der Waals surface area contributed by atoms with Crippen LogP contribution in [0, 0.1) is 5.82 Å². The fourth-order valence-corrected chi connectivity index (χ4v) is 3.07. The molecule has 2 heterocycles. The fraction of sp³-hybridized carbons (Fsp3) is 0.421. The van der Waals surface area contributed by atoms with Crippen LogP contribution in [0.5, 0.6) is 0 Å². The SMILES string of the molecule is O=C(c1ccc(-n2cccc2)c(F)c1)N1CCC(OCCCO)CC1. The first kappa shape index (κ1) is 17.6. The van der Waals surface area contributed by atoms with Gasteiger partial charge in [-0.1, -0.05) is 0 Å². The minimum absolute atomic E-state index is 0.127. The van der Waals surface area contributed by atoms with Crippen LogP contribution < -0.4 is 0 Å². The summed E-state index contributed by atoms with van der Waals surface area (Å²) in [6.45, 7) is 1.87. The number of benzene rings is 1. The number of rotatable bonds is 6. The number of aliphatic hydroxyl groups is 1. The van der Waals surface area contributed by atoms with Gasteiger partial charge in [0.2, 0.25) is 0 Å². The summed E-state index contributed by atoms with van der Waals surface area (Å²) in [5, 5.41) is 8.77. The zero-order valence-corrected chi connectivity index (χ0v) is 14.1. The molecule has 2 aromatic rings. The highest BCUT2D eigenvalue weighted by molar-refractivity contribution is 5.94. The molecular weight excluding hydrogens is 323 g/mol. The van der Waals surface area contributed by atoms with Gasteiger partial charge in [0.05, 0.1) is 11.8 Å². The summed E-state index contributed by atoms with van der Waals surface area (Å²) in [5.41, 5.74) is 0.797. The molecule has 0 atom stereocenters. The molecule has 1 aromatic carbocycles. The van der Waals surface area contributed by atoms with Crippen LogP contribution in [-0.4, -0.2) is 52.9 Å². The summed E-state index contributed by atoms with van der Waals surface area (Å²) >= 11 is 0. The van der Waals surface area contributed by atoms with Crippen molar-refractivity contribution in [2.45, 2.75) is 25.4 Å². The Labute approximate surface area is 146 Å². The molecule has 3 rings (SSSR count). The predicted octanol–water partition coefficient (Wildman–Crippen LogP) is 2.62. The topological polar surface area (TPSA) is 54.7 Å². The molecule has 1 N–H and O–H groups in total. The average Bonchev–Trinajstić information content (AvgIpc) is 3.16. The normalized spacial score (nSPS) is 15.5. The minimum atomic E-state index is -0.413. The van der Waals surface area contributed by atoms with E-state index in [0.717, 1.165) is 12.8 Å². The van der Waals surface area contributed by atoms with Gasteiger partial charge >= 0.3 is 0 Å². The number of halogens is 1. The number of nitrogens with zero attached hydrogens (tertiary/aromatic N) is 2. The molecule has 1 saturated heterocycles. The summed E-state index contributed by atoms with van der Waals surface area (Å²) in [4.78, 5) is 14.3. The second kappa shape index (κ2) is 8.27. The molecule has 5 nitrogen and oxygen atoms in total. The number of amides is 1. The second-order valence-corrected chi connectivity index (χ2v) is 6.20. The highest BCUT2D eigenvalue weighted by Crippen LogP contribution is 2.20. The van der Waals surface area contributed by atoms with Crippen molar-refractivity contribution in [3.8, 4) is 5.69 Å². The molecule has 0 saturated carbocycles. The van der Waals surface area contributed by atoms with Crippen LogP contribution >= 0.6 is 0 Å². The van der Waals surface area contributed by atoms with Gasteiger partial charge in [-0.2, -0.15) is 0 Å². The molecule has 1 aromatic heterocycles. The maximum atomic E-state index is 14.3. The number of hydrogen-bond donors (Lipinski definition) is 1. The van der Waals surface area contributed by atoms with Crippen LogP contribution in [0.15, 0.2) is 42.7 Å². The van der Waals surface area contributed by atoms with Gasteiger partial charge in [-0.15, -0.1) is 0 Å². The zero-order valence-electron chi connectivity index (χ0n) is 14.1. The van der Waals surface area contributed by atoms with E-state index in [9.17, 15) is 9.18 Å². The van der Waals surface area contributed by atoms with E-state index in [4.69, 9.17) is 9.84 Å². The Balaban J connectivity index is 1.59. The lowest BCUT2D eigenvalue weighted by Gasteiger charge is -2.32. The van der Waals surface area contributed by atoms with Gasteiger partial charge in [-0.25, -0.2) is 4.39 Å². The number of carbonyl (C=O) groups excluding carboxylic acids is 1. The fourth-order valence-electron chi connectivity index (χ4n) is 3.07. The van der Waals surface area contributed by atoms with Crippen LogP contribution in [0.1, 0.15) is 29.6 Å². The van der Waals surface area contributed by atoms with E-state index >= 15 is 0 Å². The minimum Gasteiger partial charge on any atom is -0.396 e. The Morgan fingerprint density at radius 3 is 2.60 bits per heavy atom. The highest BCUT2D eigenvalue weighted by Gasteiger charge is 2.24. The van der Waals surface area contributed by atoms with E-state index in [-0.39, 0.29) is 18.6 Å². The maximum absolute atomic E-state index is 14.3. The Hall–Kier alpha value is -2.18. The zero-order chi connectivity index (χ0) is 17.6. The van der Waals surface area contributed by atoms with E-state index < -0.39 is 5.82 Å². The van der Waals surface area contributed by atoms with Crippen molar-refractivity contribution in [2.24, 2.45) is 0 Å². The first-order chi connectivity index (χ1) is 12.2. The third kappa shape index (κ3) is 4.27. The monoisotopic (exact) mass is 346 g/mol. The van der Waals surface area contributed by atoms with E-state index in [2.05, 4.69) is 0 Å². The lowest BCUT2D eigenvalue weighted by Crippen LogP contribution is -2.41. The maximum Gasteiger partial charge on any atom is 0.253 e. The Kier molecular flexibility index (Phi) is 5.83. The first-order valence-corrected chi connectivity index (χ1v) is 8.63. The van der Waals surface area contributed by atoms with E-state index in [1.807, 2.05) is 12.1 Å². The second-order valence-electron chi connectivity index (χ2n) is 6.20. The van der Waals surface area contributed by atoms with E-state index in [1.54, 1.807) is 34.0 Å². The molecule has 0 spiro atoms. The Morgan fingerprint density at radius 2 is 1.96 bits per heavy atom. The van der Waals surface area contributed by atoms with Gasteiger partial charge in [0, 0.05) is 44.3 Å². The molecule has 1 aliphatic rings. The number of ether oxygens (including phenoxy) is 1. The van der Waals surface area contributed by atoms with Gasteiger partial charge in [0.15, 0.2) is 0 Å². The van der Waals surface area contributed by atoms with Crippen molar-refractivity contribution in [2.75, 3.05) is 26.3 Å².